The van der Waals surface area contributed by atoms with E-state index in [2.05, 4.69) is 58.1 Å². The second kappa shape index (κ2) is 11.9. The monoisotopic (exact) mass is 469 g/mol. The predicted octanol–water partition coefficient (Wildman–Crippen LogP) is 4.92. The van der Waals surface area contributed by atoms with Crippen LogP contribution in [0.5, 0.6) is 0 Å². The Bertz CT molecular complexity index is 939. The minimum atomic E-state index is 0. The van der Waals surface area contributed by atoms with E-state index in [0.717, 1.165) is 63.1 Å². The van der Waals surface area contributed by atoms with Crippen LogP contribution in [0, 0.1) is 6.92 Å². The van der Waals surface area contributed by atoms with Crippen LogP contribution in [0.1, 0.15) is 16.8 Å². The largest absolute Gasteiger partial charge is 0.379 e. The van der Waals surface area contributed by atoms with Crippen LogP contribution in [0.15, 0.2) is 48.5 Å². The molecule has 1 fully saturated rings. The minimum Gasteiger partial charge on any atom is -0.379 e. The molecule has 1 N–H and O–H groups in total. The van der Waals surface area contributed by atoms with Gasteiger partial charge >= 0.3 is 0 Å². The van der Waals surface area contributed by atoms with E-state index in [1.807, 2.05) is 12.1 Å². The van der Waals surface area contributed by atoms with Gasteiger partial charge in [0.1, 0.15) is 0 Å². The summed E-state index contributed by atoms with van der Waals surface area (Å²) in [4.78, 5) is 2.46. The minimum absolute atomic E-state index is 0. The van der Waals surface area contributed by atoms with E-state index in [1.165, 1.54) is 22.2 Å². The normalized spacial score (nSPS) is 14.3. The molecule has 3 aromatic rings. The van der Waals surface area contributed by atoms with Gasteiger partial charge in [-0.2, -0.15) is 0 Å². The third kappa shape index (κ3) is 5.70. The van der Waals surface area contributed by atoms with Gasteiger partial charge in [0, 0.05) is 60.9 Å². The average Bonchev–Trinajstić information content (AvgIpc) is 2.99. The number of para-hydroxylation sites is 1. The number of fused-ring (bicyclic) bond motifs is 1. The Morgan fingerprint density at radius 3 is 2.47 bits per heavy atom. The fraction of sp³-hybridized carbons (Fsp3) is 0.391. The van der Waals surface area contributed by atoms with Gasteiger partial charge in [0.2, 0.25) is 0 Å². The van der Waals surface area contributed by atoms with Crippen molar-refractivity contribution in [3.8, 4) is 0 Å². The zero-order valence-corrected chi connectivity index (χ0v) is 19.7. The Kier molecular flexibility index (Phi) is 9.95. The zero-order valence-electron chi connectivity index (χ0n) is 17.3. The summed E-state index contributed by atoms with van der Waals surface area (Å²) in [6.07, 6.45) is 0. The third-order valence-electron chi connectivity index (χ3n) is 5.66. The van der Waals surface area contributed by atoms with Crippen molar-refractivity contribution in [3.05, 3.63) is 70.4 Å². The van der Waals surface area contributed by atoms with Gasteiger partial charge in [-0.3, -0.25) is 4.90 Å². The number of halogens is 3. The number of rotatable bonds is 7. The summed E-state index contributed by atoms with van der Waals surface area (Å²) in [6, 6.07) is 16.8. The molecule has 164 valence electrons. The zero-order chi connectivity index (χ0) is 19.3. The summed E-state index contributed by atoms with van der Waals surface area (Å²) >= 11 is 6.42. The highest BCUT2D eigenvalue weighted by molar-refractivity contribution is 6.31. The van der Waals surface area contributed by atoms with Gasteiger partial charge in [0.05, 0.1) is 13.2 Å². The number of hydrogen-bond donors (Lipinski definition) is 1. The lowest BCUT2D eigenvalue weighted by Gasteiger charge is -2.26. The molecule has 4 rings (SSSR count). The molecule has 0 atom stereocenters. The summed E-state index contributed by atoms with van der Waals surface area (Å²) in [5.41, 5.74) is 5.11. The van der Waals surface area contributed by atoms with Gasteiger partial charge < -0.3 is 14.6 Å². The molecule has 0 spiro atoms. The summed E-state index contributed by atoms with van der Waals surface area (Å²) < 4.78 is 7.81. The van der Waals surface area contributed by atoms with Crippen LogP contribution in [0.25, 0.3) is 10.9 Å². The second-order valence-electron chi connectivity index (χ2n) is 7.39. The summed E-state index contributed by atoms with van der Waals surface area (Å²) in [5.74, 6) is 0. The van der Waals surface area contributed by atoms with Crippen molar-refractivity contribution in [2.45, 2.75) is 20.0 Å². The van der Waals surface area contributed by atoms with E-state index in [-0.39, 0.29) is 24.8 Å². The van der Waals surface area contributed by atoms with E-state index < -0.39 is 0 Å². The smallest absolute Gasteiger partial charge is 0.0594 e. The van der Waals surface area contributed by atoms with Gasteiger partial charge in [-0.15, -0.1) is 24.8 Å². The summed E-state index contributed by atoms with van der Waals surface area (Å²) in [5, 5.41) is 5.80. The molecule has 0 bridgehead atoms. The fourth-order valence-corrected chi connectivity index (χ4v) is 4.20. The number of benzene rings is 2. The van der Waals surface area contributed by atoms with Crippen LogP contribution in [0.3, 0.4) is 0 Å². The van der Waals surface area contributed by atoms with Gasteiger partial charge in [-0.1, -0.05) is 48.0 Å². The van der Waals surface area contributed by atoms with Crippen LogP contribution in [0.2, 0.25) is 5.02 Å². The molecule has 1 aliphatic heterocycles. The van der Waals surface area contributed by atoms with E-state index in [4.69, 9.17) is 16.3 Å². The Hall–Kier alpha value is -1.27. The van der Waals surface area contributed by atoms with Crippen molar-refractivity contribution in [2.75, 3.05) is 39.4 Å². The number of nitrogens with one attached hydrogen (secondary N) is 1. The molecular weight excluding hydrogens is 441 g/mol. The maximum atomic E-state index is 6.42. The predicted molar refractivity (Wildman–Crippen MR) is 131 cm³/mol. The lowest BCUT2D eigenvalue weighted by molar-refractivity contribution is 0.0384. The molecule has 2 heterocycles. The lowest BCUT2D eigenvalue weighted by atomic mass is 10.1. The van der Waals surface area contributed by atoms with Crippen LogP contribution < -0.4 is 5.32 Å². The van der Waals surface area contributed by atoms with Crippen molar-refractivity contribution in [2.24, 2.45) is 0 Å². The Labute approximate surface area is 196 Å². The maximum Gasteiger partial charge on any atom is 0.0594 e. The SMILES string of the molecule is Cc1c(CNCCN2CCOCC2)c2ccccc2n1Cc1ccccc1Cl.Cl.Cl. The first-order valence-corrected chi connectivity index (χ1v) is 10.4. The highest BCUT2D eigenvalue weighted by Gasteiger charge is 2.15. The second-order valence-corrected chi connectivity index (χ2v) is 7.80. The van der Waals surface area contributed by atoms with E-state index in [1.54, 1.807) is 0 Å². The summed E-state index contributed by atoms with van der Waals surface area (Å²) in [6.45, 7) is 9.74. The standard InChI is InChI=1S/C23H28ClN3O.2ClH/c1-18-21(16-25-10-11-26-12-14-28-15-13-26)20-7-3-5-9-23(20)27(18)17-19-6-2-4-8-22(19)24;;/h2-9,25H,10-17H2,1H3;2*1H. The van der Waals surface area contributed by atoms with Crippen LogP contribution in [-0.4, -0.2) is 48.9 Å². The lowest BCUT2D eigenvalue weighted by Crippen LogP contribution is -2.40. The van der Waals surface area contributed by atoms with Crippen molar-refractivity contribution in [1.29, 1.82) is 0 Å². The molecule has 1 aliphatic rings. The number of hydrogen-bond acceptors (Lipinski definition) is 3. The Morgan fingerprint density at radius 2 is 1.70 bits per heavy atom. The van der Waals surface area contributed by atoms with Crippen molar-refractivity contribution in [3.63, 3.8) is 0 Å². The number of morpholine rings is 1. The van der Waals surface area contributed by atoms with Crippen LogP contribution in [-0.2, 0) is 17.8 Å². The quantitative estimate of drug-likeness (QED) is 0.497. The Morgan fingerprint density at radius 1 is 1.00 bits per heavy atom. The molecule has 4 nitrogen and oxygen atoms in total. The topological polar surface area (TPSA) is 29.4 Å². The van der Waals surface area contributed by atoms with Gasteiger partial charge in [-0.25, -0.2) is 0 Å². The molecule has 1 saturated heterocycles. The van der Waals surface area contributed by atoms with Crippen LogP contribution in [0.4, 0.5) is 0 Å². The Balaban J connectivity index is 0.00000160. The number of nitrogens with zero attached hydrogens (tertiary/aromatic N) is 2. The maximum absolute atomic E-state index is 6.42. The highest BCUT2D eigenvalue weighted by Crippen LogP contribution is 2.28. The molecule has 2 aromatic carbocycles. The van der Waals surface area contributed by atoms with Gasteiger partial charge in [0.25, 0.3) is 0 Å². The molecule has 30 heavy (non-hydrogen) atoms. The highest BCUT2D eigenvalue weighted by atomic mass is 35.5. The molecule has 0 aliphatic carbocycles. The van der Waals surface area contributed by atoms with Crippen molar-refractivity contribution in [1.82, 2.24) is 14.8 Å². The van der Waals surface area contributed by atoms with Crippen molar-refractivity contribution >= 4 is 47.3 Å². The first-order chi connectivity index (χ1) is 13.7. The number of aromatic nitrogens is 1. The van der Waals surface area contributed by atoms with E-state index in [9.17, 15) is 0 Å². The first-order valence-electron chi connectivity index (χ1n) is 10.0. The molecule has 7 heteroatoms. The number of ether oxygens (including phenoxy) is 1. The molecule has 0 saturated carbocycles. The fourth-order valence-electron chi connectivity index (χ4n) is 4.00. The molecule has 0 unspecified atom stereocenters. The van der Waals surface area contributed by atoms with E-state index in [0.29, 0.717) is 0 Å². The molecule has 0 amide bonds. The molecule has 0 radical (unpaired) electrons. The van der Waals surface area contributed by atoms with Gasteiger partial charge in [-0.05, 0) is 30.2 Å². The summed E-state index contributed by atoms with van der Waals surface area (Å²) in [7, 11) is 0. The van der Waals surface area contributed by atoms with Crippen LogP contribution >= 0.6 is 36.4 Å². The van der Waals surface area contributed by atoms with Gasteiger partial charge in [0.15, 0.2) is 0 Å². The van der Waals surface area contributed by atoms with Crippen molar-refractivity contribution < 1.29 is 4.74 Å². The van der Waals surface area contributed by atoms with E-state index >= 15 is 0 Å². The third-order valence-corrected chi connectivity index (χ3v) is 6.03. The molecular formula is C23H30Cl3N3O. The first kappa shape index (κ1) is 25.0. The average molecular weight is 471 g/mol. The molecule has 1 aromatic heterocycles.